The van der Waals surface area contributed by atoms with E-state index in [1.54, 1.807) is 0 Å². The quantitative estimate of drug-likeness (QED) is 0.577. The Morgan fingerprint density at radius 2 is 2.40 bits per heavy atom. The van der Waals surface area contributed by atoms with Crippen LogP contribution < -0.4 is 5.32 Å². The summed E-state index contributed by atoms with van der Waals surface area (Å²) in [6.45, 7) is 4.70. The van der Waals surface area contributed by atoms with E-state index in [0.29, 0.717) is 6.47 Å². The second kappa shape index (κ2) is 2.58. The topological polar surface area (TPSA) is 38.3 Å². The maximum atomic E-state index is 9.91. The average Bonchev–Trinajstić information content (AvgIpc) is 2.12. The van der Waals surface area contributed by atoms with Gasteiger partial charge in [0.15, 0.2) is 6.23 Å². The molecule has 1 fully saturated rings. The molecule has 1 heterocycles. The predicted octanol–water partition coefficient (Wildman–Crippen LogP) is 0.647. The van der Waals surface area contributed by atoms with Gasteiger partial charge in [0.05, 0.1) is 0 Å². The van der Waals surface area contributed by atoms with Crippen LogP contribution in [-0.2, 0) is 9.53 Å². The standard InChI is InChI=1S/C7H13NO2/c1-7(2)4-3-6(8-7)10-5-9/h5-6,8H,3-4H2,1-2H3/t6-/m1/s1. The molecule has 3 heteroatoms. The number of carbonyl (C=O) groups excluding carboxylic acids is 1. The SMILES string of the molecule is CC1(C)CC[C@@H](OC=O)N1. The Morgan fingerprint density at radius 1 is 1.70 bits per heavy atom. The van der Waals surface area contributed by atoms with E-state index < -0.39 is 0 Å². The molecule has 1 aliphatic rings. The molecule has 0 unspecified atom stereocenters. The minimum Gasteiger partial charge on any atom is -0.449 e. The predicted molar refractivity (Wildman–Crippen MR) is 37.4 cm³/mol. The van der Waals surface area contributed by atoms with Crippen LogP contribution in [0, 0.1) is 0 Å². The third-order valence-corrected chi connectivity index (χ3v) is 1.80. The summed E-state index contributed by atoms with van der Waals surface area (Å²) in [5.74, 6) is 0. The third kappa shape index (κ3) is 1.70. The zero-order valence-electron chi connectivity index (χ0n) is 6.39. The number of carbonyl (C=O) groups is 1. The first kappa shape index (κ1) is 7.54. The van der Waals surface area contributed by atoms with E-state index >= 15 is 0 Å². The highest BCUT2D eigenvalue weighted by molar-refractivity contribution is 5.37. The molecule has 3 nitrogen and oxygen atoms in total. The highest BCUT2D eigenvalue weighted by atomic mass is 16.5. The van der Waals surface area contributed by atoms with Gasteiger partial charge in [-0.15, -0.1) is 0 Å². The van der Waals surface area contributed by atoms with E-state index in [9.17, 15) is 4.79 Å². The van der Waals surface area contributed by atoms with Crippen LogP contribution in [0.15, 0.2) is 0 Å². The Bertz CT molecular complexity index is 134. The Kier molecular flexibility index (Phi) is 1.94. The molecule has 10 heavy (non-hydrogen) atoms. The van der Waals surface area contributed by atoms with E-state index in [-0.39, 0.29) is 11.8 Å². The van der Waals surface area contributed by atoms with Crippen molar-refractivity contribution in [2.75, 3.05) is 0 Å². The molecule has 0 amide bonds. The van der Waals surface area contributed by atoms with Gasteiger partial charge in [0.2, 0.25) is 0 Å². The lowest BCUT2D eigenvalue weighted by atomic mass is 10.0. The van der Waals surface area contributed by atoms with E-state index in [2.05, 4.69) is 19.2 Å². The van der Waals surface area contributed by atoms with Crippen molar-refractivity contribution in [3.63, 3.8) is 0 Å². The van der Waals surface area contributed by atoms with E-state index in [1.165, 1.54) is 0 Å². The van der Waals surface area contributed by atoms with Gasteiger partial charge in [-0.3, -0.25) is 10.1 Å². The first-order valence-corrected chi connectivity index (χ1v) is 3.51. The van der Waals surface area contributed by atoms with Crippen LogP contribution in [0.1, 0.15) is 26.7 Å². The molecule has 58 valence electrons. The van der Waals surface area contributed by atoms with Gasteiger partial charge < -0.3 is 4.74 Å². The molecule has 0 aromatic rings. The second-order valence-corrected chi connectivity index (χ2v) is 3.29. The summed E-state index contributed by atoms with van der Waals surface area (Å²) in [5.41, 5.74) is 0.133. The number of hydrogen-bond acceptors (Lipinski definition) is 3. The fourth-order valence-electron chi connectivity index (χ4n) is 1.24. The molecule has 0 radical (unpaired) electrons. The van der Waals surface area contributed by atoms with Gasteiger partial charge in [0.1, 0.15) is 0 Å². The number of hydrogen-bond donors (Lipinski definition) is 1. The van der Waals surface area contributed by atoms with Crippen molar-refractivity contribution < 1.29 is 9.53 Å². The lowest BCUT2D eigenvalue weighted by Crippen LogP contribution is -2.38. The normalized spacial score (nSPS) is 30.0. The third-order valence-electron chi connectivity index (χ3n) is 1.80. The van der Waals surface area contributed by atoms with Crippen molar-refractivity contribution in [2.24, 2.45) is 0 Å². The average molecular weight is 143 g/mol. The fraction of sp³-hybridized carbons (Fsp3) is 0.857. The summed E-state index contributed by atoms with van der Waals surface area (Å²) < 4.78 is 4.75. The van der Waals surface area contributed by atoms with Gasteiger partial charge >= 0.3 is 0 Å². The Balaban J connectivity index is 2.35. The molecule has 1 atom stereocenters. The first-order chi connectivity index (χ1) is 4.64. The van der Waals surface area contributed by atoms with Crippen LogP contribution in [0.5, 0.6) is 0 Å². The Hall–Kier alpha value is -0.570. The minimum atomic E-state index is -0.0625. The summed E-state index contributed by atoms with van der Waals surface area (Å²) in [6.07, 6.45) is 1.92. The van der Waals surface area contributed by atoms with Gasteiger partial charge in [-0.05, 0) is 26.7 Å². The van der Waals surface area contributed by atoms with Crippen LogP contribution in [0.3, 0.4) is 0 Å². The molecule has 0 saturated carbocycles. The summed E-state index contributed by atoms with van der Waals surface area (Å²) in [7, 11) is 0. The molecular weight excluding hydrogens is 130 g/mol. The molecule has 0 aromatic heterocycles. The number of nitrogens with one attached hydrogen (secondary N) is 1. The molecule has 0 spiro atoms. The smallest absolute Gasteiger partial charge is 0.294 e. The van der Waals surface area contributed by atoms with Crippen molar-refractivity contribution in [3.05, 3.63) is 0 Å². The number of rotatable bonds is 2. The zero-order valence-corrected chi connectivity index (χ0v) is 6.39. The van der Waals surface area contributed by atoms with Gasteiger partial charge in [-0.1, -0.05) is 0 Å². The van der Waals surface area contributed by atoms with Crippen LogP contribution in [-0.4, -0.2) is 18.2 Å². The molecule has 1 saturated heterocycles. The lowest BCUT2D eigenvalue weighted by molar-refractivity contribution is -0.134. The largest absolute Gasteiger partial charge is 0.449 e. The highest BCUT2D eigenvalue weighted by Gasteiger charge is 2.30. The summed E-state index contributed by atoms with van der Waals surface area (Å²) in [4.78, 5) is 9.91. The molecular formula is C7H13NO2. The van der Waals surface area contributed by atoms with Crippen LogP contribution in [0.25, 0.3) is 0 Å². The van der Waals surface area contributed by atoms with Gasteiger partial charge in [0, 0.05) is 5.54 Å². The fourth-order valence-corrected chi connectivity index (χ4v) is 1.24. The van der Waals surface area contributed by atoms with E-state index in [4.69, 9.17) is 4.74 Å². The second-order valence-electron chi connectivity index (χ2n) is 3.29. The van der Waals surface area contributed by atoms with Gasteiger partial charge in [0.25, 0.3) is 6.47 Å². The molecule has 0 aliphatic carbocycles. The maximum absolute atomic E-state index is 9.91. The molecule has 0 bridgehead atoms. The van der Waals surface area contributed by atoms with Crippen molar-refractivity contribution >= 4 is 6.47 Å². The van der Waals surface area contributed by atoms with E-state index in [0.717, 1.165) is 12.8 Å². The lowest BCUT2D eigenvalue weighted by Gasteiger charge is -2.18. The number of ether oxygens (including phenoxy) is 1. The van der Waals surface area contributed by atoms with Crippen molar-refractivity contribution in [1.29, 1.82) is 0 Å². The van der Waals surface area contributed by atoms with Crippen LogP contribution in [0.4, 0.5) is 0 Å². The summed E-state index contributed by atoms with van der Waals surface area (Å²) in [6, 6.07) is 0. The zero-order chi connectivity index (χ0) is 7.61. The highest BCUT2D eigenvalue weighted by Crippen LogP contribution is 2.21. The first-order valence-electron chi connectivity index (χ1n) is 3.51. The van der Waals surface area contributed by atoms with Gasteiger partial charge in [-0.25, -0.2) is 0 Å². The Labute approximate surface area is 60.7 Å². The molecule has 1 aliphatic heterocycles. The molecule has 0 aromatic carbocycles. The van der Waals surface area contributed by atoms with Crippen molar-refractivity contribution in [3.8, 4) is 0 Å². The molecule has 1 N–H and O–H groups in total. The molecule has 1 rings (SSSR count). The van der Waals surface area contributed by atoms with Crippen molar-refractivity contribution in [1.82, 2.24) is 5.32 Å². The summed E-state index contributed by atoms with van der Waals surface area (Å²) in [5, 5.41) is 3.18. The van der Waals surface area contributed by atoms with Crippen LogP contribution >= 0.6 is 0 Å². The minimum absolute atomic E-state index is 0.0625. The Morgan fingerprint density at radius 3 is 2.80 bits per heavy atom. The van der Waals surface area contributed by atoms with Crippen LogP contribution in [0.2, 0.25) is 0 Å². The van der Waals surface area contributed by atoms with E-state index in [1.807, 2.05) is 0 Å². The monoisotopic (exact) mass is 143 g/mol. The maximum Gasteiger partial charge on any atom is 0.294 e. The summed E-state index contributed by atoms with van der Waals surface area (Å²) >= 11 is 0. The van der Waals surface area contributed by atoms with Gasteiger partial charge in [-0.2, -0.15) is 0 Å². The van der Waals surface area contributed by atoms with Crippen molar-refractivity contribution in [2.45, 2.75) is 38.5 Å².